The van der Waals surface area contributed by atoms with Gasteiger partial charge in [0.05, 0.1) is 0 Å². The van der Waals surface area contributed by atoms with Crippen molar-refractivity contribution in [1.82, 2.24) is 4.98 Å². The van der Waals surface area contributed by atoms with E-state index < -0.39 is 0 Å². The fraction of sp³-hybridized carbons (Fsp3) is 0.583. The summed E-state index contributed by atoms with van der Waals surface area (Å²) in [5, 5.41) is 3.08. The Morgan fingerprint density at radius 2 is 1.87 bits per heavy atom. The molecule has 0 saturated carbocycles. The number of aromatic nitrogens is 1. The quantitative estimate of drug-likeness (QED) is 0.804. The van der Waals surface area contributed by atoms with Crippen molar-refractivity contribution in [2.45, 2.75) is 25.7 Å². The maximum Gasteiger partial charge on any atom is 0.130 e. The van der Waals surface area contributed by atoms with Gasteiger partial charge in [-0.3, -0.25) is 0 Å². The summed E-state index contributed by atoms with van der Waals surface area (Å²) < 4.78 is 0. The number of anilines is 2. The summed E-state index contributed by atoms with van der Waals surface area (Å²) in [6.45, 7) is 2.31. The molecule has 0 unspecified atom stereocenters. The molecule has 2 heterocycles. The van der Waals surface area contributed by atoms with Crippen molar-refractivity contribution in [3.05, 3.63) is 18.2 Å². The van der Waals surface area contributed by atoms with Crippen LogP contribution in [0.1, 0.15) is 25.7 Å². The second kappa shape index (κ2) is 5.01. The first kappa shape index (κ1) is 10.3. The monoisotopic (exact) mass is 205 g/mol. The van der Waals surface area contributed by atoms with E-state index in [1.165, 1.54) is 25.7 Å². The van der Waals surface area contributed by atoms with Crippen LogP contribution in [0.4, 0.5) is 11.6 Å². The molecule has 82 valence electrons. The fourth-order valence-corrected chi connectivity index (χ4v) is 2.04. The molecule has 1 aromatic heterocycles. The van der Waals surface area contributed by atoms with E-state index in [1.807, 2.05) is 13.1 Å². The van der Waals surface area contributed by atoms with E-state index in [-0.39, 0.29) is 0 Å². The molecule has 1 aliphatic rings. The molecule has 3 heteroatoms. The molecule has 1 N–H and O–H groups in total. The lowest BCUT2D eigenvalue weighted by Crippen LogP contribution is -2.24. The van der Waals surface area contributed by atoms with Crippen LogP contribution in [0.15, 0.2) is 18.2 Å². The Bertz CT molecular complexity index is 303. The molecule has 3 nitrogen and oxygen atoms in total. The van der Waals surface area contributed by atoms with E-state index in [0.29, 0.717) is 0 Å². The molecule has 2 rings (SSSR count). The zero-order valence-electron chi connectivity index (χ0n) is 9.37. The van der Waals surface area contributed by atoms with Gasteiger partial charge >= 0.3 is 0 Å². The highest BCUT2D eigenvalue weighted by Crippen LogP contribution is 2.18. The summed E-state index contributed by atoms with van der Waals surface area (Å²) in [7, 11) is 1.91. The lowest BCUT2D eigenvalue weighted by Gasteiger charge is -2.21. The Labute approximate surface area is 91.5 Å². The summed E-state index contributed by atoms with van der Waals surface area (Å²) >= 11 is 0. The third-order valence-electron chi connectivity index (χ3n) is 2.92. The standard InChI is InChI=1S/C12H19N3/c1-13-11-7-6-8-12(14-11)15-9-4-2-3-5-10-15/h6-8H,2-5,9-10H2,1H3,(H,13,14). The smallest absolute Gasteiger partial charge is 0.130 e. The molecular formula is C12H19N3. The highest BCUT2D eigenvalue weighted by Gasteiger charge is 2.10. The number of rotatable bonds is 2. The van der Waals surface area contributed by atoms with Crippen molar-refractivity contribution in [2.75, 3.05) is 30.4 Å². The zero-order valence-corrected chi connectivity index (χ0v) is 9.37. The van der Waals surface area contributed by atoms with E-state index in [2.05, 4.69) is 27.3 Å². The van der Waals surface area contributed by atoms with Gasteiger partial charge < -0.3 is 10.2 Å². The Kier molecular flexibility index (Phi) is 3.43. The molecule has 0 spiro atoms. The van der Waals surface area contributed by atoms with E-state index in [0.717, 1.165) is 24.7 Å². The lowest BCUT2D eigenvalue weighted by atomic mass is 10.2. The van der Waals surface area contributed by atoms with E-state index >= 15 is 0 Å². The molecule has 0 aromatic carbocycles. The van der Waals surface area contributed by atoms with E-state index in [1.54, 1.807) is 0 Å². The second-order valence-corrected chi connectivity index (χ2v) is 4.03. The lowest BCUT2D eigenvalue weighted by molar-refractivity contribution is 0.726. The van der Waals surface area contributed by atoms with Crippen molar-refractivity contribution in [3.63, 3.8) is 0 Å². The number of nitrogens with one attached hydrogen (secondary N) is 1. The minimum atomic E-state index is 0.955. The first-order valence-electron chi connectivity index (χ1n) is 5.80. The first-order chi connectivity index (χ1) is 7.40. The average molecular weight is 205 g/mol. The molecular weight excluding hydrogens is 186 g/mol. The normalized spacial score (nSPS) is 17.3. The Hall–Kier alpha value is -1.25. The maximum absolute atomic E-state index is 4.57. The Balaban J connectivity index is 2.12. The summed E-state index contributed by atoms with van der Waals surface area (Å²) in [5.74, 6) is 2.07. The van der Waals surface area contributed by atoms with Crippen molar-refractivity contribution in [3.8, 4) is 0 Å². The Morgan fingerprint density at radius 1 is 1.13 bits per heavy atom. The van der Waals surface area contributed by atoms with Gasteiger partial charge in [-0.15, -0.1) is 0 Å². The van der Waals surface area contributed by atoms with Crippen molar-refractivity contribution >= 4 is 11.6 Å². The zero-order chi connectivity index (χ0) is 10.5. The third kappa shape index (κ3) is 2.61. The summed E-state index contributed by atoms with van der Waals surface area (Å²) in [6.07, 6.45) is 5.32. The average Bonchev–Trinajstić information content (AvgIpc) is 2.58. The van der Waals surface area contributed by atoms with Gasteiger partial charge in [0, 0.05) is 20.1 Å². The van der Waals surface area contributed by atoms with Crippen LogP contribution in [0, 0.1) is 0 Å². The van der Waals surface area contributed by atoms with Crippen molar-refractivity contribution in [1.29, 1.82) is 0 Å². The van der Waals surface area contributed by atoms with Gasteiger partial charge in [0.2, 0.25) is 0 Å². The predicted octanol–water partition coefficient (Wildman–Crippen LogP) is 2.50. The van der Waals surface area contributed by atoms with Crippen molar-refractivity contribution < 1.29 is 0 Å². The van der Waals surface area contributed by atoms with Gasteiger partial charge in [0.25, 0.3) is 0 Å². The third-order valence-corrected chi connectivity index (χ3v) is 2.92. The number of hydrogen-bond acceptors (Lipinski definition) is 3. The summed E-state index contributed by atoms with van der Waals surface area (Å²) in [6, 6.07) is 6.17. The Morgan fingerprint density at radius 3 is 2.53 bits per heavy atom. The SMILES string of the molecule is CNc1cccc(N2CCCCCC2)n1. The molecule has 0 atom stereocenters. The van der Waals surface area contributed by atoms with Crippen LogP contribution in [0.5, 0.6) is 0 Å². The van der Waals surface area contributed by atoms with Gasteiger partial charge in [-0.1, -0.05) is 18.9 Å². The molecule has 15 heavy (non-hydrogen) atoms. The van der Waals surface area contributed by atoms with Gasteiger partial charge in [0.1, 0.15) is 11.6 Å². The van der Waals surface area contributed by atoms with E-state index in [9.17, 15) is 0 Å². The molecule has 0 radical (unpaired) electrons. The minimum absolute atomic E-state index is 0.955. The van der Waals surface area contributed by atoms with Crippen LogP contribution in [0.2, 0.25) is 0 Å². The van der Waals surface area contributed by atoms with Crippen LogP contribution in [0.25, 0.3) is 0 Å². The molecule has 1 fully saturated rings. The van der Waals surface area contributed by atoms with Gasteiger partial charge in [-0.25, -0.2) is 4.98 Å². The topological polar surface area (TPSA) is 28.2 Å². The molecule has 1 saturated heterocycles. The minimum Gasteiger partial charge on any atom is -0.373 e. The summed E-state index contributed by atoms with van der Waals surface area (Å²) in [5.41, 5.74) is 0. The highest BCUT2D eigenvalue weighted by atomic mass is 15.2. The van der Waals surface area contributed by atoms with Crippen LogP contribution in [-0.2, 0) is 0 Å². The number of nitrogens with zero attached hydrogens (tertiary/aromatic N) is 2. The first-order valence-corrected chi connectivity index (χ1v) is 5.80. The van der Waals surface area contributed by atoms with Gasteiger partial charge in [0.15, 0.2) is 0 Å². The number of pyridine rings is 1. The van der Waals surface area contributed by atoms with E-state index in [4.69, 9.17) is 0 Å². The summed E-state index contributed by atoms with van der Waals surface area (Å²) in [4.78, 5) is 6.97. The predicted molar refractivity (Wildman–Crippen MR) is 64.5 cm³/mol. The van der Waals surface area contributed by atoms with Crippen LogP contribution in [-0.4, -0.2) is 25.1 Å². The fourth-order valence-electron chi connectivity index (χ4n) is 2.04. The van der Waals surface area contributed by atoms with Crippen LogP contribution >= 0.6 is 0 Å². The second-order valence-electron chi connectivity index (χ2n) is 4.03. The molecule has 0 bridgehead atoms. The van der Waals surface area contributed by atoms with Crippen LogP contribution in [0.3, 0.4) is 0 Å². The molecule has 1 aliphatic heterocycles. The molecule has 0 aliphatic carbocycles. The van der Waals surface area contributed by atoms with Gasteiger partial charge in [-0.2, -0.15) is 0 Å². The molecule has 1 aromatic rings. The highest BCUT2D eigenvalue weighted by molar-refractivity contribution is 5.46. The van der Waals surface area contributed by atoms with Gasteiger partial charge in [-0.05, 0) is 25.0 Å². The molecule has 0 amide bonds. The van der Waals surface area contributed by atoms with Crippen LogP contribution < -0.4 is 10.2 Å². The number of hydrogen-bond donors (Lipinski definition) is 1. The van der Waals surface area contributed by atoms with Crippen molar-refractivity contribution in [2.24, 2.45) is 0 Å². The maximum atomic E-state index is 4.57. The largest absolute Gasteiger partial charge is 0.373 e.